The Morgan fingerprint density at radius 1 is 1.25 bits per heavy atom. The van der Waals surface area contributed by atoms with Crippen LogP contribution in [-0.4, -0.2) is 31.1 Å². The Kier molecular flexibility index (Phi) is 5.78. The number of esters is 1. The lowest BCUT2D eigenvalue weighted by molar-refractivity contribution is -0.142. The summed E-state index contributed by atoms with van der Waals surface area (Å²) < 4.78 is 16.9. The van der Waals surface area contributed by atoms with Crippen molar-refractivity contribution in [1.29, 1.82) is 0 Å². The lowest BCUT2D eigenvalue weighted by Gasteiger charge is -2.35. The Hall–Kier alpha value is -2.64. The zero-order valence-electron chi connectivity index (χ0n) is 18.3. The van der Waals surface area contributed by atoms with Crippen molar-refractivity contribution >= 4 is 23.1 Å². The number of hydrogen-bond donors (Lipinski definition) is 1. The number of ether oxygens (including phenoxy) is 2. The number of dihydropyridines is 1. The average molecular weight is 454 g/mol. The van der Waals surface area contributed by atoms with Gasteiger partial charge in [-0.2, -0.15) is 0 Å². The first-order chi connectivity index (χ1) is 15.5. The summed E-state index contributed by atoms with van der Waals surface area (Å²) in [7, 11) is 0. The van der Waals surface area contributed by atoms with E-state index in [9.17, 15) is 9.59 Å². The van der Waals surface area contributed by atoms with Gasteiger partial charge in [0, 0.05) is 45.7 Å². The number of carbonyl (C=O) groups excluding carboxylic acids is 2. The van der Waals surface area contributed by atoms with Gasteiger partial charge in [0.15, 0.2) is 5.78 Å². The minimum atomic E-state index is -0.410. The Labute approximate surface area is 191 Å². The first-order valence-electron chi connectivity index (χ1n) is 11.1. The molecule has 1 N–H and O–H groups in total. The van der Waals surface area contributed by atoms with Gasteiger partial charge in [-0.1, -0.05) is 0 Å². The van der Waals surface area contributed by atoms with Gasteiger partial charge in [-0.15, -0.1) is 11.3 Å². The smallest absolute Gasteiger partial charge is 0.336 e. The van der Waals surface area contributed by atoms with Crippen LogP contribution in [0.2, 0.25) is 0 Å². The normalized spacial score (nSPS) is 25.7. The molecule has 4 heterocycles. The third-order valence-corrected chi connectivity index (χ3v) is 7.53. The molecule has 0 unspecified atom stereocenters. The van der Waals surface area contributed by atoms with Crippen molar-refractivity contribution < 1.29 is 23.5 Å². The standard InChI is InChI=1S/C25H27NO5S/c1-14-7-8-21(32-14)24-22(25(28)31-13-17-5-3-9-29-17)15(2)26-18-11-16(12-19(27)23(18)24)20-6-4-10-30-20/h4,6-8,10,16-17,24,26H,3,5,9,11-13H2,1-2H3/t16-,17-,24-/m0/s1. The van der Waals surface area contributed by atoms with Crippen LogP contribution in [0.15, 0.2) is 57.5 Å². The van der Waals surface area contributed by atoms with Crippen molar-refractivity contribution in [1.82, 2.24) is 5.32 Å². The summed E-state index contributed by atoms with van der Waals surface area (Å²) in [4.78, 5) is 28.8. The van der Waals surface area contributed by atoms with E-state index in [0.29, 0.717) is 30.6 Å². The van der Waals surface area contributed by atoms with Crippen LogP contribution in [-0.2, 0) is 19.1 Å². The van der Waals surface area contributed by atoms with Gasteiger partial charge in [0.1, 0.15) is 12.4 Å². The molecule has 168 valence electrons. The van der Waals surface area contributed by atoms with Crippen LogP contribution in [0.25, 0.3) is 0 Å². The van der Waals surface area contributed by atoms with Crippen LogP contribution in [0, 0.1) is 6.92 Å². The van der Waals surface area contributed by atoms with Crippen LogP contribution in [0.5, 0.6) is 0 Å². The molecule has 3 atom stereocenters. The molecule has 32 heavy (non-hydrogen) atoms. The second-order valence-electron chi connectivity index (χ2n) is 8.71. The number of furan rings is 1. The predicted octanol–water partition coefficient (Wildman–Crippen LogP) is 4.73. The summed E-state index contributed by atoms with van der Waals surface area (Å²) in [6.45, 7) is 4.88. The molecule has 6 nitrogen and oxygen atoms in total. The zero-order valence-corrected chi connectivity index (χ0v) is 19.1. The molecule has 0 aromatic carbocycles. The second-order valence-corrected chi connectivity index (χ2v) is 10.0. The molecule has 2 aromatic heterocycles. The number of ketones is 1. The summed E-state index contributed by atoms with van der Waals surface area (Å²) in [5.74, 6) is 0.0723. The van der Waals surface area contributed by atoms with Crippen molar-refractivity contribution in [2.75, 3.05) is 13.2 Å². The highest BCUT2D eigenvalue weighted by Gasteiger charge is 2.42. The Morgan fingerprint density at radius 3 is 2.81 bits per heavy atom. The molecule has 5 rings (SSSR count). The van der Waals surface area contributed by atoms with E-state index in [-0.39, 0.29) is 30.4 Å². The Morgan fingerprint density at radius 2 is 2.12 bits per heavy atom. The number of rotatable bonds is 5. The van der Waals surface area contributed by atoms with Crippen LogP contribution >= 0.6 is 11.3 Å². The van der Waals surface area contributed by atoms with Crippen LogP contribution in [0.4, 0.5) is 0 Å². The average Bonchev–Trinajstić information content (AvgIpc) is 3.53. The molecule has 1 saturated heterocycles. The Bertz CT molecular complexity index is 1090. The van der Waals surface area contributed by atoms with E-state index in [4.69, 9.17) is 13.9 Å². The molecule has 0 bridgehead atoms. The molecular formula is C25H27NO5S. The predicted molar refractivity (Wildman–Crippen MR) is 120 cm³/mol. The van der Waals surface area contributed by atoms with E-state index in [0.717, 1.165) is 39.8 Å². The fourth-order valence-corrected chi connectivity index (χ4v) is 5.95. The molecule has 1 aliphatic carbocycles. The highest BCUT2D eigenvalue weighted by molar-refractivity contribution is 7.12. The molecule has 1 fully saturated rings. The van der Waals surface area contributed by atoms with Crippen LogP contribution < -0.4 is 5.32 Å². The summed E-state index contributed by atoms with van der Waals surface area (Å²) in [5.41, 5.74) is 2.83. The van der Waals surface area contributed by atoms with Gasteiger partial charge in [0.05, 0.1) is 23.9 Å². The number of aryl methyl sites for hydroxylation is 1. The van der Waals surface area contributed by atoms with Crippen molar-refractivity contribution in [3.63, 3.8) is 0 Å². The lowest BCUT2D eigenvalue weighted by Crippen LogP contribution is -2.36. The number of allylic oxidation sites excluding steroid dienone is 3. The monoisotopic (exact) mass is 453 g/mol. The van der Waals surface area contributed by atoms with Gasteiger partial charge >= 0.3 is 5.97 Å². The van der Waals surface area contributed by atoms with Gasteiger partial charge in [-0.3, -0.25) is 4.79 Å². The maximum atomic E-state index is 13.4. The van der Waals surface area contributed by atoms with Gasteiger partial charge in [0.25, 0.3) is 0 Å². The Balaban J connectivity index is 1.48. The van der Waals surface area contributed by atoms with E-state index in [2.05, 4.69) is 5.32 Å². The van der Waals surface area contributed by atoms with Crippen molar-refractivity contribution in [3.05, 3.63) is 68.6 Å². The van der Waals surface area contributed by atoms with Crippen molar-refractivity contribution in [3.8, 4) is 0 Å². The summed E-state index contributed by atoms with van der Waals surface area (Å²) in [5, 5.41) is 3.38. The second kappa shape index (κ2) is 8.71. The van der Waals surface area contributed by atoms with E-state index in [1.165, 1.54) is 0 Å². The lowest BCUT2D eigenvalue weighted by atomic mass is 9.74. The molecule has 0 radical (unpaired) electrons. The molecular weight excluding hydrogens is 426 g/mol. The van der Waals surface area contributed by atoms with Crippen LogP contribution in [0.1, 0.15) is 60.0 Å². The molecule has 3 aliphatic rings. The van der Waals surface area contributed by atoms with Crippen molar-refractivity contribution in [2.24, 2.45) is 0 Å². The largest absolute Gasteiger partial charge is 0.469 e. The molecule has 0 amide bonds. The topological polar surface area (TPSA) is 77.8 Å². The minimum Gasteiger partial charge on any atom is -0.469 e. The first kappa shape index (κ1) is 21.2. The van der Waals surface area contributed by atoms with E-state index < -0.39 is 5.92 Å². The van der Waals surface area contributed by atoms with Gasteiger partial charge in [-0.05, 0) is 57.4 Å². The first-order valence-corrected chi connectivity index (χ1v) is 12.0. The fourth-order valence-electron chi connectivity index (χ4n) is 4.95. The van der Waals surface area contributed by atoms with Gasteiger partial charge in [-0.25, -0.2) is 4.79 Å². The molecule has 0 spiro atoms. The van der Waals surface area contributed by atoms with Crippen LogP contribution in [0.3, 0.4) is 0 Å². The maximum Gasteiger partial charge on any atom is 0.336 e. The summed E-state index contributed by atoms with van der Waals surface area (Å²) >= 11 is 1.62. The number of nitrogens with one attached hydrogen (secondary N) is 1. The van der Waals surface area contributed by atoms with E-state index in [1.807, 2.05) is 38.1 Å². The summed E-state index contributed by atoms with van der Waals surface area (Å²) in [6.07, 6.45) is 4.53. The molecule has 2 aliphatic heterocycles. The maximum absolute atomic E-state index is 13.4. The van der Waals surface area contributed by atoms with Gasteiger partial charge < -0.3 is 19.2 Å². The third kappa shape index (κ3) is 3.95. The van der Waals surface area contributed by atoms with E-state index >= 15 is 0 Å². The molecule has 2 aromatic rings. The molecule has 0 saturated carbocycles. The number of carbonyl (C=O) groups is 2. The van der Waals surface area contributed by atoms with E-state index in [1.54, 1.807) is 17.6 Å². The van der Waals surface area contributed by atoms with Gasteiger partial charge in [0.2, 0.25) is 0 Å². The highest BCUT2D eigenvalue weighted by Crippen LogP contribution is 2.47. The third-order valence-electron chi connectivity index (χ3n) is 6.46. The minimum absolute atomic E-state index is 0.00436. The number of thiophene rings is 1. The SMILES string of the molecule is CC1=C(C(=O)OC[C@@H]2CCCO2)[C@H](c2ccc(C)s2)C2=C(C[C@H](c3ccco3)CC2=O)N1. The highest BCUT2D eigenvalue weighted by atomic mass is 32.1. The zero-order chi connectivity index (χ0) is 22.2. The number of hydrogen-bond acceptors (Lipinski definition) is 7. The molecule has 7 heteroatoms. The summed E-state index contributed by atoms with van der Waals surface area (Å²) in [6, 6.07) is 7.82. The van der Waals surface area contributed by atoms with Crippen molar-refractivity contribution in [2.45, 2.75) is 57.5 Å². The fraction of sp³-hybridized carbons (Fsp3) is 0.440. The number of Topliss-reactive ketones (excluding diaryl/α,β-unsaturated/α-hetero) is 1. The quantitative estimate of drug-likeness (QED) is 0.660.